The van der Waals surface area contributed by atoms with E-state index in [4.69, 9.17) is 4.74 Å². The maximum Gasteiger partial charge on any atom is 0.271 e. The molecule has 1 atom stereocenters. The summed E-state index contributed by atoms with van der Waals surface area (Å²) < 4.78 is 5.08. The minimum absolute atomic E-state index is 0.0327. The molecule has 1 aliphatic rings. The molecule has 1 aromatic rings. The van der Waals surface area contributed by atoms with Gasteiger partial charge in [-0.2, -0.15) is 0 Å². The van der Waals surface area contributed by atoms with Crippen molar-refractivity contribution in [2.75, 3.05) is 39.9 Å². The van der Waals surface area contributed by atoms with Gasteiger partial charge in [0.25, 0.3) is 5.91 Å². The topological polar surface area (TPSA) is 54.5 Å². The lowest BCUT2D eigenvalue weighted by Gasteiger charge is -2.15. The summed E-state index contributed by atoms with van der Waals surface area (Å²) in [5.41, 5.74) is 0.590. The summed E-state index contributed by atoms with van der Waals surface area (Å²) in [7, 11) is 1.74. The second kappa shape index (κ2) is 7.87. The Labute approximate surface area is 130 Å². The molecule has 1 aromatic heterocycles. The molecule has 0 unspecified atom stereocenters. The monoisotopic (exact) mass is 311 g/mol. The van der Waals surface area contributed by atoms with Gasteiger partial charge in [-0.1, -0.05) is 0 Å². The number of carbonyl (C=O) groups excluding carboxylic acids is 1. The first-order valence-electron chi connectivity index (χ1n) is 7.53. The van der Waals surface area contributed by atoms with Gasteiger partial charge >= 0.3 is 0 Å². The zero-order chi connectivity index (χ0) is 15.2. The molecule has 1 aliphatic heterocycles. The van der Waals surface area contributed by atoms with Crippen molar-refractivity contribution in [3.8, 4) is 0 Å². The van der Waals surface area contributed by atoms with Crippen LogP contribution in [-0.4, -0.2) is 55.7 Å². The molecule has 0 saturated carbocycles. The molecule has 21 heavy (non-hydrogen) atoms. The number of thiazole rings is 1. The van der Waals surface area contributed by atoms with Gasteiger partial charge in [-0.05, 0) is 39.2 Å². The van der Waals surface area contributed by atoms with Crippen LogP contribution < -0.4 is 5.32 Å². The Morgan fingerprint density at radius 1 is 1.52 bits per heavy atom. The van der Waals surface area contributed by atoms with E-state index in [2.05, 4.69) is 15.2 Å². The van der Waals surface area contributed by atoms with Crippen LogP contribution in [0.2, 0.25) is 0 Å². The summed E-state index contributed by atoms with van der Waals surface area (Å²) in [6, 6.07) is 0. The van der Waals surface area contributed by atoms with Gasteiger partial charge in [0.15, 0.2) is 0 Å². The molecule has 1 amide bonds. The number of aromatic nitrogens is 1. The number of rotatable bonds is 7. The van der Waals surface area contributed by atoms with Gasteiger partial charge < -0.3 is 15.0 Å². The number of hydrogen-bond donors (Lipinski definition) is 1. The fourth-order valence-corrected chi connectivity index (χ4v) is 3.59. The van der Waals surface area contributed by atoms with E-state index in [0.29, 0.717) is 11.6 Å². The second-order valence-corrected chi connectivity index (χ2v) is 7.06. The number of aryl methyl sites for hydroxylation is 2. The Morgan fingerprint density at radius 3 is 3.00 bits per heavy atom. The van der Waals surface area contributed by atoms with Crippen molar-refractivity contribution in [1.82, 2.24) is 15.2 Å². The first-order chi connectivity index (χ1) is 10.1. The van der Waals surface area contributed by atoms with Crippen LogP contribution in [0, 0.1) is 19.8 Å². The van der Waals surface area contributed by atoms with Crippen LogP contribution in [0.3, 0.4) is 0 Å². The lowest BCUT2D eigenvalue weighted by atomic mass is 10.1. The SMILES string of the molecule is COCCCN1CC[C@H](CNC(=O)c2nc(C)sc2C)C1. The number of ether oxygens (including phenoxy) is 1. The number of likely N-dealkylation sites (tertiary alicyclic amines) is 1. The smallest absolute Gasteiger partial charge is 0.271 e. The molecule has 1 N–H and O–H groups in total. The normalized spacial score (nSPS) is 19.1. The van der Waals surface area contributed by atoms with Crippen LogP contribution in [0.4, 0.5) is 0 Å². The molecule has 0 radical (unpaired) electrons. The van der Waals surface area contributed by atoms with E-state index in [1.807, 2.05) is 13.8 Å². The molecule has 2 heterocycles. The standard InChI is InChI=1S/C15H25N3O2S/c1-11-14(17-12(2)21-11)15(19)16-9-13-5-7-18(10-13)6-4-8-20-3/h13H,4-10H2,1-3H3,(H,16,19)/t13-/m1/s1. The van der Waals surface area contributed by atoms with E-state index in [0.717, 1.165) is 55.5 Å². The summed E-state index contributed by atoms with van der Waals surface area (Å²) in [6.07, 6.45) is 2.23. The Morgan fingerprint density at radius 2 is 2.33 bits per heavy atom. The summed E-state index contributed by atoms with van der Waals surface area (Å²) in [5, 5.41) is 3.98. The van der Waals surface area contributed by atoms with Gasteiger partial charge in [-0.3, -0.25) is 4.79 Å². The zero-order valence-corrected chi connectivity index (χ0v) is 14.0. The first-order valence-corrected chi connectivity index (χ1v) is 8.35. The van der Waals surface area contributed by atoms with E-state index in [1.165, 1.54) is 0 Å². The Hall–Kier alpha value is -0.980. The van der Waals surface area contributed by atoms with Crippen molar-refractivity contribution in [1.29, 1.82) is 0 Å². The van der Waals surface area contributed by atoms with Gasteiger partial charge in [0.1, 0.15) is 5.69 Å². The third kappa shape index (κ3) is 4.76. The van der Waals surface area contributed by atoms with Crippen LogP contribution >= 0.6 is 11.3 Å². The predicted octanol–water partition coefficient (Wildman–Crippen LogP) is 1.85. The average molecular weight is 311 g/mol. The van der Waals surface area contributed by atoms with Crippen molar-refractivity contribution in [2.24, 2.45) is 5.92 Å². The predicted molar refractivity (Wildman–Crippen MR) is 85.0 cm³/mol. The van der Waals surface area contributed by atoms with Crippen molar-refractivity contribution in [3.63, 3.8) is 0 Å². The number of hydrogen-bond acceptors (Lipinski definition) is 5. The zero-order valence-electron chi connectivity index (χ0n) is 13.1. The highest BCUT2D eigenvalue weighted by molar-refractivity contribution is 7.11. The van der Waals surface area contributed by atoms with Crippen LogP contribution in [0.5, 0.6) is 0 Å². The average Bonchev–Trinajstić information content (AvgIpc) is 3.03. The fourth-order valence-electron chi connectivity index (χ4n) is 2.78. The first kappa shape index (κ1) is 16.4. The van der Waals surface area contributed by atoms with Gasteiger partial charge in [0.2, 0.25) is 0 Å². The van der Waals surface area contributed by atoms with Crippen molar-refractivity contribution < 1.29 is 9.53 Å². The Balaban J connectivity index is 1.72. The molecule has 6 heteroatoms. The molecule has 0 aliphatic carbocycles. The number of nitrogens with zero attached hydrogens (tertiary/aromatic N) is 2. The molecule has 1 saturated heterocycles. The maximum atomic E-state index is 12.1. The third-order valence-corrected chi connectivity index (χ3v) is 4.75. The van der Waals surface area contributed by atoms with Crippen molar-refractivity contribution in [2.45, 2.75) is 26.7 Å². The van der Waals surface area contributed by atoms with E-state index in [9.17, 15) is 4.79 Å². The van der Waals surface area contributed by atoms with Crippen LogP contribution in [0.1, 0.15) is 33.2 Å². The van der Waals surface area contributed by atoms with Crippen LogP contribution in [-0.2, 0) is 4.74 Å². The minimum Gasteiger partial charge on any atom is -0.385 e. The molecular weight excluding hydrogens is 286 g/mol. The molecule has 118 valence electrons. The molecule has 0 bridgehead atoms. The van der Waals surface area contributed by atoms with Crippen LogP contribution in [0.15, 0.2) is 0 Å². The fraction of sp³-hybridized carbons (Fsp3) is 0.733. The quantitative estimate of drug-likeness (QED) is 0.781. The largest absolute Gasteiger partial charge is 0.385 e. The lowest BCUT2D eigenvalue weighted by Crippen LogP contribution is -2.31. The Bertz CT molecular complexity index is 475. The third-order valence-electron chi connectivity index (χ3n) is 3.86. The molecular formula is C15H25N3O2S. The number of carbonyl (C=O) groups is 1. The highest BCUT2D eigenvalue weighted by Crippen LogP contribution is 2.18. The molecule has 1 fully saturated rings. The van der Waals surface area contributed by atoms with Gasteiger partial charge in [0, 0.05) is 38.2 Å². The van der Waals surface area contributed by atoms with E-state index in [1.54, 1.807) is 18.4 Å². The number of methoxy groups -OCH3 is 1. The maximum absolute atomic E-state index is 12.1. The number of amides is 1. The van der Waals surface area contributed by atoms with Gasteiger partial charge in [0.05, 0.1) is 5.01 Å². The highest BCUT2D eigenvalue weighted by atomic mass is 32.1. The molecule has 0 spiro atoms. The van der Waals surface area contributed by atoms with E-state index >= 15 is 0 Å². The second-order valence-electron chi connectivity index (χ2n) is 5.65. The minimum atomic E-state index is -0.0327. The van der Waals surface area contributed by atoms with Crippen molar-refractivity contribution in [3.05, 3.63) is 15.6 Å². The lowest BCUT2D eigenvalue weighted by molar-refractivity contribution is 0.0942. The summed E-state index contributed by atoms with van der Waals surface area (Å²) in [4.78, 5) is 19.9. The van der Waals surface area contributed by atoms with Gasteiger partial charge in [-0.25, -0.2) is 4.98 Å². The highest BCUT2D eigenvalue weighted by Gasteiger charge is 2.23. The molecule has 5 nitrogen and oxygen atoms in total. The van der Waals surface area contributed by atoms with Gasteiger partial charge in [-0.15, -0.1) is 11.3 Å². The molecule has 0 aromatic carbocycles. The Kier molecular flexibility index (Phi) is 6.14. The van der Waals surface area contributed by atoms with E-state index < -0.39 is 0 Å². The van der Waals surface area contributed by atoms with Crippen molar-refractivity contribution >= 4 is 17.2 Å². The number of nitrogens with one attached hydrogen (secondary N) is 1. The molecule has 2 rings (SSSR count). The summed E-state index contributed by atoms with van der Waals surface area (Å²) in [6.45, 7) is 8.73. The summed E-state index contributed by atoms with van der Waals surface area (Å²) >= 11 is 1.58. The van der Waals surface area contributed by atoms with E-state index in [-0.39, 0.29) is 5.91 Å². The van der Waals surface area contributed by atoms with Crippen LogP contribution in [0.25, 0.3) is 0 Å². The summed E-state index contributed by atoms with van der Waals surface area (Å²) in [5.74, 6) is 0.520.